The molecule has 2 rings (SSSR count). The third-order valence-corrected chi connectivity index (χ3v) is 3.29. The number of benzene rings is 1. The summed E-state index contributed by atoms with van der Waals surface area (Å²) in [6.07, 6.45) is 0. The predicted octanol–water partition coefficient (Wildman–Crippen LogP) is 2.70. The molecule has 96 valence electrons. The van der Waals surface area contributed by atoms with Crippen molar-refractivity contribution in [2.45, 2.75) is 26.8 Å². The van der Waals surface area contributed by atoms with Gasteiger partial charge in [-0.1, -0.05) is 6.07 Å². The molecular formula is C13H17N3OS. The zero-order chi connectivity index (χ0) is 13.3. The van der Waals surface area contributed by atoms with Crippen molar-refractivity contribution in [1.82, 2.24) is 14.9 Å². The van der Waals surface area contributed by atoms with E-state index in [1.807, 2.05) is 43.5 Å². The van der Waals surface area contributed by atoms with Crippen molar-refractivity contribution in [3.8, 4) is 0 Å². The highest BCUT2D eigenvalue weighted by atomic mass is 32.1. The largest absolute Gasteiger partial charge is 0.355 e. The number of carbonyl (C=O) groups is 1. The maximum Gasteiger partial charge on any atom is 0.242 e. The smallest absolute Gasteiger partial charge is 0.242 e. The lowest BCUT2D eigenvalue weighted by Crippen LogP contribution is -2.30. The molecule has 5 heteroatoms. The summed E-state index contributed by atoms with van der Waals surface area (Å²) < 4.78 is 2.44. The molecule has 1 aromatic heterocycles. The number of aromatic nitrogens is 2. The number of rotatable bonds is 3. The molecule has 0 radical (unpaired) electrons. The van der Waals surface area contributed by atoms with Crippen LogP contribution in [-0.4, -0.2) is 22.0 Å². The number of likely N-dealkylation sites (N-methyl/N-ethyl adjacent to an activating group) is 1. The molecule has 0 fully saturated rings. The summed E-state index contributed by atoms with van der Waals surface area (Å²) in [4.78, 5) is 15.1. The summed E-state index contributed by atoms with van der Waals surface area (Å²) in [6, 6.07) is 5.74. The normalized spacial score (nSPS) is 12.6. The van der Waals surface area contributed by atoms with Gasteiger partial charge in [0.05, 0.1) is 11.0 Å². The van der Waals surface area contributed by atoms with E-state index in [9.17, 15) is 4.79 Å². The van der Waals surface area contributed by atoms with Gasteiger partial charge in [0.2, 0.25) is 5.91 Å². The molecule has 0 bridgehead atoms. The van der Waals surface area contributed by atoms with Crippen molar-refractivity contribution >= 4 is 29.2 Å². The van der Waals surface area contributed by atoms with Crippen LogP contribution in [0.15, 0.2) is 18.2 Å². The Morgan fingerprint density at radius 1 is 1.56 bits per heavy atom. The highest BCUT2D eigenvalue weighted by Gasteiger charge is 2.17. The fourth-order valence-electron chi connectivity index (χ4n) is 2.06. The summed E-state index contributed by atoms with van der Waals surface area (Å²) in [5.41, 5.74) is 3.08. The average Bonchev–Trinajstić information content (AvgIpc) is 2.64. The van der Waals surface area contributed by atoms with E-state index in [4.69, 9.17) is 12.2 Å². The lowest BCUT2D eigenvalue weighted by atomic mass is 10.2. The minimum Gasteiger partial charge on any atom is -0.355 e. The predicted molar refractivity (Wildman–Crippen MR) is 75.3 cm³/mol. The molecule has 1 atom stereocenters. The van der Waals surface area contributed by atoms with Crippen molar-refractivity contribution in [2.24, 2.45) is 0 Å². The maximum atomic E-state index is 11.9. The quantitative estimate of drug-likeness (QED) is 0.837. The number of fused-ring (bicyclic) bond motifs is 1. The van der Waals surface area contributed by atoms with Gasteiger partial charge in [-0.25, -0.2) is 0 Å². The fraction of sp³-hybridized carbons (Fsp3) is 0.385. The average molecular weight is 263 g/mol. The van der Waals surface area contributed by atoms with Gasteiger partial charge in [0, 0.05) is 6.54 Å². The number of nitrogens with one attached hydrogen (secondary N) is 2. The fourth-order valence-corrected chi connectivity index (χ4v) is 2.42. The van der Waals surface area contributed by atoms with Crippen molar-refractivity contribution in [3.05, 3.63) is 28.5 Å². The molecule has 0 spiro atoms. The molecular weight excluding hydrogens is 246 g/mol. The van der Waals surface area contributed by atoms with Gasteiger partial charge in [0.15, 0.2) is 4.77 Å². The Labute approximate surface area is 111 Å². The molecule has 1 amide bonds. The van der Waals surface area contributed by atoms with Crippen molar-refractivity contribution in [2.75, 3.05) is 6.54 Å². The van der Waals surface area contributed by atoms with E-state index in [0.717, 1.165) is 16.6 Å². The van der Waals surface area contributed by atoms with Gasteiger partial charge < -0.3 is 14.9 Å². The first-order valence-electron chi connectivity index (χ1n) is 6.03. The van der Waals surface area contributed by atoms with Crippen LogP contribution in [0.25, 0.3) is 11.0 Å². The summed E-state index contributed by atoms with van der Waals surface area (Å²) in [5, 5.41) is 2.82. The number of aryl methyl sites for hydroxylation is 1. The van der Waals surface area contributed by atoms with Crippen molar-refractivity contribution in [1.29, 1.82) is 0 Å². The second-order valence-corrected chi connectivity index (χ2v) is 4.78. The molecule has 4 nitrogen and oxygen atoms in total. The van der Waals surface area contributed by atoms with Crippen LogP contribution in [0.3, 0.4) is 0 Å². The first kappa shape index (κ1) is 12.8. The Morgan fingerprint density at radius 3 is 2.94 bits per heavy atom. The van der Waals surface area contributed by atoms with Crippen LogP contribution in [0, 0.1) is 11.7 Å². The molecule has 0 aliphatic rings. The molecule has 1 aromatic carbocycles. The van der Waals surface area contributed by atoms with Gasteiger partial charge >= 0.3 is 0 Å². The highest BCUT2D eigenvalue weighted by molar-refractivity contribution is 7.71. The molecule has 2 N–H and O–H groups in total. The topological polar surface area (TPSA) is 49.8 Å². The number of amides is 1. The second kappa shape index (κ2) is 4.94. The molecule has 1 heterocycles. The third kappa shape index (κ3) is 2.18. The van der Waals surface area contributed by atoms with E-state index in [1.54, 1.807) is 0 Å². The highest BCUT2D eigenvalue weighted by Crippen LogP contribution is 2.20. The summed E-state index contributed by atoms with van der Waals surface area (Å²) in [7, 11) is 0. The number of aromatic amines is 1. The maximum absolute atomic E-state index is 11.9. The molecule has 0 aliphatic carbocycles. The number of hydrogen-bond acceptors (Lipinski definition) is 2. The zero-order valence-electron chi connectivity index (χ0n) is 10.8. The van der Waals surface area contributed by atoms with Crippen LogP contribution < -0.4 is 5.32 Å². The third-order valence-electron chi connectivity index (χ3n) is 2.99. The number of nitrogens with zero attached hydrogens (tertiary/aromatic N) is 1. The molecule has 0 saturated carbocycles. The standard InChI is InChI=1S/C13H17N3OS/c1-4-14-12(17)9(3)16-11-7-8(2)5-6-10(11)15-13(16)18/h5-7,9H,4H2,1-3H3,(H,14,17)(H,15,18). The van der Waals surface area contributed by atoms with Gasteiger partial charge in [-0.15, -0.1) is 0 Å². The Hall–Kier alpha value is -1.62. The van der Waals surface area contributed by atoms with Crippen LogP contribution in [0.2, 0.25) is 0 Å². The Bertz CT molecular complexity index is 641. The molecule has 18 heavy (non-hydrogen) atoms. The van der Waals surface area contributed by atoms with Crippen LogP contribution in [0.1, 0.15) is 25.5 Å². The minimum absolute atomic E-state index is 0.0176. The Morgan fingerprint density at radius 2 is 2.28 bits per heavy atom. The van der Waals surface area contributed by atoms with E-state index in [0.29, 0.717) is 11.3 Å². The van der Waals surface area contributed by atoms with Crippen molar-refractivity contribution in [3.63, 3.8) is 0 Å². The lowest BCUT2D eigenvalue weighted by molar-refractivity contribution is -0.123. The van der Waals surface area contributed by atoms with E-state index >= 15 is 0 Å². The zero-order valence-corrected chi connectivity index (χ0v) is 11.6. The monoisotopic (exact) mass is 263 g/mol. The van der Waals surface area contributed by atoms with E-state index in [2.05, 4.69) is 10.3 Å². The SMILES string of the molecule is CCNC(=O)C(C)n1c(=S)[nH]c2ccc(C)cc21. The molecule has 0 aliphatic heterocycles. The van der Waals surface area contributed by atoms with Crippen molar-refractivity contribution < 1.29 is 4.79 Å². The summed E-state index contributed by atoms with van der Waals surface area (Å²) >= 11 is 5.30. The summed E-state index contributed by atoms with van der Waals surface area (Å²) in [5.74, 6) is -0.0176. The van der Waals surface area contributed by atoms with Gasteiger partial charge in [0.25, 0.3) is 0 Å². The van der Waals surface area contributed by atoms with Crippen LogP contribution >= 0.6 is 12.2 Å². The number of carbonyl (C=O) groups excluding carboxylic acids is 1. The van der Waals surface area contributed by atoms with Gasteiger partial charge in [0.1, 0.15) is 6.04 Å². The minimum atomic E-state index is -0.312. The van der Waals surface area contributed by atoms with E-state index < -0.39 is 0 Å². The Balaban J connectivity index is 2.56. The van der Waals surface area contributed by atoms with E-state index in [1.165, 1.54) is 0 Å². The second-order valence-electron chi connectivity index (χ2n) is 4.39. The summed E-state index contributed by atoms with van der Waals surface area (Å²) in [6.45, 7) is 6.41. The lowest BCUT2D eigenvalue weighted by Gasteiger charge is -2.14. The van der Waals surface area contributed by atoms with Crippen LogP contribution in [-0.2, 0) is 4.79 Å². The number of imidazole rings is 1. The van der Waals surface area contributed by atoms with Gasteiger partial charge in [-0.2, -0.15) is 0 Å². The first-order chi connectivity index (χ1) is 8.54. The molecule has 1 unspecified atom stereocenters. The number of H-pyrrole nitrogens is 1. The van der Waals surface area contributed by atoms with Gasteiger partial charge in [-0.3, -0.25) is 4.79 Å². The molecule has 0 saturated heterocycles. The van der Waals surface area contributed by atoms with E-state index in [-0.39, 0.29) is 11.9 Å². The first-order valence-corrected chi connectivity index (χ1v) is 6.44. The Kier molecular flexibility index (Phi) is 3.52. The van der Waals surface area contributed by atoms with Crippen LogP contribution in [0.5, 0.6) is 0 Å². The molecule has 2 aromatic rings. The van der Waals surface area contributed by atoms with Crippen LogP contribution in [0.4, 0.5) is 0 Å². The van der Waals surface area contributed by atoms with Gasteiger partial charge in [-0.05, 0) is 50.7 Å². The number of hydrogen-bond donors (Lipinski definition) is 2.